The number of guanidine groups is 1. The van der Waals surface area contributed by atoms with Gasteiger partial charge in [-0.1, -0.05) is 48.0 Å². The van der Waals surface area contributed by atoms with Gasteiger partial charge < -0.3 is 15.5 Å². The van der Waals surface area contributed by atoms with E-state index < -0.39 is 0 Å². The van der Waals surface area contributed by atoms with E-state index >= 15 is 0 Å². The fourth-order valence-electron chi connectivity index (χ4n) is 2.75. The molecule has 2 aromatic carbocycles. The highest BCUT2D eigenvalue weighted by molar-refractivity contribution is 14.0. The molecule has 0 fully saturated rings. The molecular weight excluding hydrogens is 459 g/mol. The molecule has 0 spiro atoms. The van der Waals surface area contributed by atoms with Gasteiger partial charge in [0.05, 0.1) is 0 Å². The third kappa shape index (κ3) is 5.92. The highest BCUT2D eigenvalue weighted by atomic mass is 127. The Kier molecular flexibility index (Phi) is 8.25. The van der Waals surface area contributed by atoms with Gasteiger partial charge in [-0.15, -0.1) is 24.0 Å². The maximum absolute atomic E-state index is 5.92. The van der Waals surface area contributed by atoms with E-state index in [-0.39, 0.29) is 24.0 Å². The molecule has 6 heteroatoms. The van der Waals surface area contributed by atoms with Gasteiger partial charge in [0.25, 0.3) is 0 Å². The van der Waals surface area contributed by atoms with Gasteiger partial charge >= 0.3 is 0 Å². The summed E-state index contributed by atoms with van der Waals surface area (Å²) in [5.74, 6) is 0.781. The summed E-state index contributed by atoms with van der Waals surface area (Å²) in [4.78, 5) is 6.63. The lowest BCUT2D eigenvalue weighted by atomic mass is 10.2. The summed E-state index contributed by atoms with van der Waals surface area (Å²) in [6.45, 7) is 3.41. The van der Waals surface area contributed by atoms with Crippen molar-refractivity contribution in [2.75, 3.05) is 25.0 Å². The normalized spacial score (nSPS) is 13.5. The van der Waals surface area contributed by atoms with E-state index in [1.54, 1.807) is 7.05 Å². The number of anilines is 1. The second-order valence-corrected chi connectivity index (χ2v) is 6.39. The fraction of sp³-hybridized carbons (Fsp3) is 0.250. The number of hydrogen-bond acceptors (Lipinski definition) is 2. The zero-order valence-electron chi connectivity index (χ0n) is 14.8. The Morgan fingerprint density at radius 1 is 1.00 bits per heavy atom. The van der Waals surface area contributed by atoms with Crippen LogP contribution in [0.3, 0.4) is 0 Å². The molecule has 1 aliphatic heterocycles. The van der Waals surface area contributed by atoms with Gasteiger partial charge in [0.15, 0.2) is 5.96 Å². The summed E-state index contributed by atoms with van der Waals surface area (Å²) in [6.07, 6.45) is 4.40. The third-order valence-electron chi connectivity index (χ3n) is 4.15. The van der Waals surface area contributed by atoms with Crippen LogP contribution in [0.2, 0.25) is 5.02 Å². The number of rotatable bonds is 5. The minimum absolute atomic E-state index is 0. The molecule has 0 atom stereocenters. The molecule has 26 heavy (non-hydrogen) atoms. The first-order valence-electron chi connectivity index (χ1n) is 8.42. The zero-order chi connectivity index (χ0) is 17.5. The molecule has 0 unspecified atom stereocenters. The SMILES string of the molecule is CN=C(NCc1ccc(Cl)cc1)NCc1cccc(N2CC=CC2)c1.I. The molecule has 0 aromatic heterocycles. The first-order chi connectivity index (χ1) is 12.2. The molecule has 0 aliphatic carbocycles. The molecule has 0 radical (unpaired) electrons. The molecule has 3 rings (SSSR count). The van der Waals surface area contributed by atoms with E-state index in [1.807, 2.05) is 24.3 Å². The standard InChI is InChI=1S/C20H23ClN4.HI/c1-22-20(23-14-16-7-9-18(21)10-8-16)24-15-17-5-4-6-19(13-17)25-11-2-3-12-25;/h2-10,13H,11-12,14-15H2,1H3,(H2,22,23,24);1H. The van der Waals surface area contributed by atoms with E-state index in [1.165, 1.54) is 11.3 Å². The molecule has 2 N–H and O–H groups in total. The van der Waals surface area contributed by atoms with E-state index in [2.05, 4.69) is 56.9 Å². The first kappa shape index (κ1) is 20.6. The summed E-state index contributed by atoms with van der Waals surface area (Å²) < 4.78 is 0. The molecule has 4 nitrogen and oxygen atoms in total. The number of halogens is 2. The molecule has 1 heterocycles. The van der Waals surface area contributed by atoms with Crippen LogP contribution in [0.5, 0.6) is 0 Å². The Morgan fingerprint density at radius 3 is 2.31 bits per heavy atom. The fourth-order valence-corrected chi connectivity index (χ4v) is 2.87. The van der Waals surface area contributed by atoms with Gasteiger partial charge in [-0.2, -0.15) is 0 Å². The largest absolute Gasteiger partial charge is 0.364 e. The van der Waals surface area contributed by atoms with Gasteiger partial charge in [0.1, 0.15) is 0 Å². The van der Waals surface area contributed by atoms with Crippen molar-refractivity contribution in [2.24, 2.45) is 4.99 Å². The maximum Gasteiger partial charge on any atom is 0.191 e. The lowest BCUT2D eigenvalue weighted by Crippen LogP contribution is -2.36. The van der Waals surface area contributed by atoms with Gasteiger partial charge in [0, 0.05) is 43.9 Å². The van der Waals surface area contributed by atoms with Gasteiger partial charge in [-0.3, -0.25) is 4.99 Å². The molecular formula is C20H24ClIN4. The number of benzene rings is 2. The molecule has 0 bridgehead atoms. The van der Waals surface area contributed by atoms with Crippen molar-refractivity contribution in [3.8, 4) is 0 Å². The van der Waals surface area contributed by atoms with Crippen molar-refractivity contribution >= 4 is 47.2 Å². The summed E-state index contributed by atoms with van der Waals surface area (Å²) in [7, 11) is 1.78. The van der Waals surface area contributed by atoms with Crippen LogP contribution in [-0.2, 0) is 13.1 Å². The number of aliphatic imine (C=N–C) groups is 1. The maximum atomic E-state index is 5.92. The minimum atomic E-state index is 0. The highest BCUT2D eigenvalue weighted by Crippen LogP contribution is 2.18. The summed E-state index contributed by atoms with van der Waals surface area (Å²) in [5, 5.41) is 7.43. The van der Waals surface area contributed by atoms with Gasteiger partial charge in [-0.25, -0.2) is 0 Å². The third-order valence-corrected chi connectivity index (χ3v) is 4.40. The van der Waals surface area contributed by atoms with Crippen molar-refractivity contribution in [1.82, 2.24) is 10.6 Å². The highest BCUT2D eigenvalue weighted by Gasteiger charge is 2.08. The van der Waals surface area contributed by atoms with Crippen LogP contribution >= 0.6 is 35.6 Å². The number of nitrogens with one attached hydrogen (secondary N) is 2. The van der Waals surface area contributed by atoms with E-state index in [9.17, 15) is 0 Å². The summed E-state index contributed by atoms with van der Waals surface area (Å²) in [6, 6.07) is 16.4. The van der Waals surface area contributed by atoms with E-state index in [4.69, 9.17) is 11.6 Å². The number of nitrogens with zero attached hydrogens (tertiary/aromatic N) is 2. The van der Waals surface area contributed by atoms with Crippen molar-refractivity contribution in [2.45, 2.75) is 13.1 Å². The summed E-state index contributed by atoms with van der Waals surface area (Å²) >= 11 is 5.92. The van der Waals surface area contributed by atoms with Crippen molar-refractivity contribution in [3.05, 3.63) is 76.8 Å². The smallest absolute Gasteiger partial charge is 0.191 e. The van der Waals surface area contributed by atoms with Crippen LogP contribution in [0.25, 0.3) is 0 Å². The predicted molar refractivity (Wildman–Crippen MR) is 122 cm³/mol. The lowest BCUT2D eigenvalue weighted by Gasteiger charge is -2.19. The quantitative estimate of drug-likeness (QED) is 0.290. The van der Waals surface area contributed by atoms with Gasteiger partial charge in [0.2, 0.25) is 0 Å². The Bertz CT molecular complexity index is 751. The summed E-state index contributed by atoms with van der Waals surface area (Å²) in [5.41, 5.74) is 3.66. The Labute approximate surface area is 177 Å². The molecule has 0 amide bonds. The second kappa shape index (κ2) is 10.4. The van der Waals surface area contributed by atoms with Crippen molar-refractivity contribution in [1.29, 1.82) is 0 Å². The van der Waals surface area contributed by atoms with Crippen LogP contribution in [-0.4, -0.2) is 26.1 Å². The Morgan fingerprint density at radius 2 is 1.65 bits per heavy atom. The van der Waals surface area contributed by atoms with Crippen LogP contribution in [0.15, 0.2) is 65.7 Å². The molecule has 138 valence electrons. The Balaban J connectivity index is 0.00000243. The molecule has 0 saturated heterocycles. The van der Waals surface area contributed by atoms with Gasteiger partial charge in [-0.05, 0) is 35.4 Å². The molecule has 1 aliphatic rings. The molecule has 2 aromatic rings. The Hall–Kier alpha value is -1.73. The van der Waals surface area contributed by atoms with Crippen LogP contribution in [0, 0.1) is 0 Å². The van der Waals surface area contributed by atoms with Crippen molar-refractivity contribution in [3.63, 3.8) is 0 Å². The predicted octanol–water partition coefficient (Wildman–Crippen LogP) is 4.20. The average Bonchev–Trinajstić information content (AvgIpc) is 3.18. The first-order valence-corrected chi connectivity index (χ1v) is 8.80. The van der Waals surface area contributed by atoms with Crippen LogP contribution in [0.4, 0.5) is 5.69 Å². The van der Waals surface area contributed by atoms with Crippen molar-refractivity contribution < 1.29 is 0 Å². The minimum Gasteiger partial charge on any atom is -0.364 e. The average molecular weight is 483 g/mol. The lowest BCUT2D eigenvalue weighted by molar-refractivity contribution is 0.808. The topological polar surface area (TPSA) is 39.7 Å². The van der Waals surface area contributed by atoms with E-state index in [0.29, 0.717) is 6.54 Å². The molecule has 0 saturated carbocycles. The monoisotopic (exact) mass is 482 g/mol. The number of hydrogen-bond donors (Lipinski definition) is 2. The van der Waals surface area contributed by atoms with Crippen LogP contribution in [0.1, 0.15) is 11.1 Å². The van der Waals surface area contributed by atoms with E-state index in [0.717, 1.165) is 36.2 Å². The second-order valence-electron chi connectivity index (χ2n) is 5.95. The van der Waals surface area contributed by atoms with Crippen LogP contribution < -0.4 is 15.5 Å². The zero-order valence-corrected chi connectivity index (χ0v) is 17.9.